The van der Waals surface area contributed by atoms with E-state index in [9.17, 15) is 0 Å². The lowest BCUT2D eigenvalue weighted by molar-refractivity contribution is 0.365. The smallest absolute Gasteiger partial charge is 0.255 e. The highest BCUT2D eigenvalue weighted by molar-refractivity contribution is 7.99. The van der Waals surface area contributed by atoms with Crippen LogP contribution in [-0.2, 0) is 0 Å². The molecule has 0 aromatic carbocycles. The summed E-state index contributed by atoms with van der Waals surface area (Å²) in [6.45, 7) is 6.24. The molecule has 1 saturated heterocycles. The Morgan fingerprint density at radius 2 is 2.09 bits per heavy atom. The van der Waals surface area contributed by atoms with Crippen molar-refractivity contribution in [2.24, 2.45) is 11.8 Å². The molecule has 10 heteroatoms. The summed E-state index contributed by atoms with van der Waals surface area (Å²) in [5.74, 6) is 5.21. The number of aromatic amines is 1. The molecule has 2 fully saturated rings. The Balaban J connectivity index is 1.30. The summed E-state index contributed by atoms with van der Waals surface area (Å²) in [5, 5.41) is 6.72. The van der Waals surface area contributed by atoms with Crippen molar-refractivity contribution < 1.29 is 0 Å². The number of piperidine rings is 1. The van der Waals surface area contributed by atoms with Crippen molar-refractivity contribution in [3.05, 3.63) is 30.4 Å². The maximum atomic E-state index is 4.84. The van der Waals surface area contributed by atoms with Gasteiger partial charge in [0.05, 0.1) is 11.4 Å². The van der Waals surface area contributed by atoms with Crippen LogP contribution in [0.4, 0.5) is 11.6 Å². The fourth-order valence-electron chi connectivity index (χ4n) is 4.77. The Labute approximate surface area is 197 Å². The standard InChI is InChI=1S/C23H29N9S/c1-14-7-9-31(11-18(14)30(3)21-17-6-8-24-20(17)25-13-26-21)19-10-15(2)27-22-28-23(29-32(19)22)33-12-16-4-5-16/h6,8,10,13-14,16,18H,4-5,7,9,11-12H2,1-3H3,(H,24,25,26)/t14-,18+/m1/s1. The van der Waals surface area contributed by atoms with E-state index in [0.29, 0.717) is 17.7 Å². The molecule has 0 bridgehead atoms. The van der Waals surface area contributed by atoms with E-state index in [-0.39, 0.29) is 0 Å². The first kappa shape index (κ1) is 20.7. The molecule has 5 heterocycles. The first-order valence-electron chi connectivity index (χ1n) is 11.7. The zero-order valence-electron chi connectivity index (χ0n) is 19.3. The van der Waals surface area contributed by atoms with Crippen molar-refractivity contribution in [1.82, 2.24) is 34.5 Å². The van der Waals surface area contributed by atoms with Crippen molar-refractivity contribution in [2.45, 2.75) is 44.3 Å². The predicted molar refractivity (Wildman–Crippen MR) is 131 cm³/mol. The van der Waals surface area contributed by atoms with Crippen LogP contribution in [0.25, 0.3) is 16.8 Å². The molecule has 4 aromatic rings. The van der Waals surface area contributed by atoms with Crippen LogP contribution in [0.1, 0.15) is 31.9 Å². The van der Waals surface area contributed by atoms with Crippen molar-refractivity contribution >= 4 is 40.2 Å². The van der Waals surface area contributed by atoms with Gasteiger partial charge >= 0.3 is 0 Å². The number of likely N-dealkylation sites (N-methyl/N-ethyl adjacent to an activating group) is 1. The van der Waals surface area contributed by atoms with Crippen LogP contribution in [0.2, 0.25) is 0 Å². The van der Waals surface area contributed by atoms with E-state index in [1.807, 2.05) is 17.6 Å². The molecule has 0 spiro atoms. The summed E-state index contributed by atoms with van der Waals surface area (Å²) >= 11 is 1.76. The second-order valence-corrected chi connectivity index (χ2v) is 10.4. The van der Waals surface area contributed by atoms with Gasteiger partial charge in [-0.1, -0.05) is 18.7 Å². The van der Waals surface area contributed by atoms with Crippen molar-refractivity contribution in [3.8, 4) is 0 Å². The van der Waals surface area contributed by atoms with Gasteiger partial charge in [-0.2, -0.15) is 9.50 Å². The van der Waals surface area contributed by atoms with E-state index in [0.717, 1.165) is 64.7 Å². The van der Waals surface area contributed by atoms with Gasteiger partial charge in [0.2, 0.25) is 5.16 Å². The minimum atomic E-state index is 0.308. The second kappa shape index (κ2) is 8.16. The Bertz CT molecular complexity index is 1290. The van der Waals surface area contributed by atoms with Crippen LogP contribution in [-0.4, -0.2) is 66.5 Å². The van der Waals surface area contributed by atoms with Gasteiger partial charge in [-0.3, -0.25) is 0 Å². The van der Waals surface area contributed by atoms with Gasteiger partial charge in [-0.25, -0.2) is 15.0 Å². The molecular weight excluding hydrogens is 434 g/mol. The molecule has 4 aromatic heterocycles. The number of nitrogens with one attached hydrogen (secondary N) is 1. The third-order valence-corrected chi connectivity index (χ3v) is 8.02. The van der Waals surface area contributed by atoms with Gasteiger partial charge in [0.25, 0.3) is 5.78 Å². The molecule has 0 radical (unpaired) electrons. The summed E-state index contributed by atoms with van der Waals surface area (Å²) in [7, 11) is 2.15. The predicted octanol–water partition coefficient (Wildman–Crippen LogP) is 3.56. The zero-order chi connectivity index (χ0) is 22.5. The quantitative estimate of drug-likeness (QED) is 0.434. The molecule has 6 rings (SSSR count). The van der Waals surface area contributed by atoms with Crippen LogP contribution >= 0.6 is 11.8 Å². The molecule has 0 amide bonds. The maximum absolute atomic E-state index is 4.84. The highest BCUT2D eigenvalue weighted by Gasteiger charge is 2.32. The Kier molecular flexibility index (Phi) is 5.12. The molecule has 0 unspecified atom stereocenters. The number of nitrogens with zero attached hydrogens (tertiary/aromatic N) is 8. The normalized spacial score (nSPS) is 21.2. The first-order chi connectivity index (χ1) is 16.1. The Hall–Kier alpha value is -2.88. The second-order valence-electron chi connectivity index (χ2n) is 9.44. The molecule has 1 aliphatic heterocycles. The fourth-order valence-corrected chi connectivity index (χ4v) is 5.77. The molecule has 33 heavy (non-hydrogen) atoms. The number of hydrogen-bond acceptors (Lipinski definition) is 8. The summed E-state index contributed by atoms with van der Waals surface area (Å²) in [6.07, 6.45) is 7.34. The lowest BCUT2D eigenvalue weighted by Gasteiger charge is -2.43. The van der Waals surface area contributed by atoms with Gasteiger partial charge in [0.15, 0.2) is 0 Å². The van der Waals surface area contributed by atoms with Crippen LogP contribution in [0, 0.1) is 18.8 Å². The Morgan fingerprint density at radius 1 is 1.21 bits per heavy atom. The number of thioether (sulfide) groups is 1. The number of H-pyrrole nitrogens is 1. The highest BCUT2D eigenvalue weighted by Crippen LogP contribution is 2.35. The summed E-state index contributed by atoms with van der Waals surface area (Å²) < 4.78 is 1.93. The number of anilines is 2. The molecule has 2 atom stereocenters. The number of rotatable bonds is 6. The van der Waals surface area contributed by atoms with Crippen LogP contribution in [0.5, 0.6) is 0 Å². The zero-order valence-corrected chi connectivity index (χ0v) is 20.1. The first-order valence-corrected chi connectivity index (χ1v) is 12.7. The van der Waals surface area contributed by atoms with E-state index >= 15 is 0 Å². The molecule has 2 aliphatic rings. The van der Waals surface area contributed by atoms with Crippen LogP contribution < -0.4 is 9.80 Å². The lowest BCUT2D eigenvalue weighted by atomic mass is 9.92. The van der Waals surface area contributed by atoms with E-state index in [4.69, 9.17) is 10.1 Å². The number of fused-ring (bicyclic) bond motifs is 2. The van der Waals surface area contributed by atoms with Crippen molar-refractivity contribution in [1.29, 1.82) is 0 Å². The van der Waals surface area contributed by atoms with Gasteiger partial charge in [0.1, 0.15) is 23.6 Å². The van der Waals surface area contributed by atoms with Crippen molar-refractivity contribution in [2.75, 3.05) is 35.7 Å². The third kappa shape index (κ3) is 3.90. The summed E-state index contributed by atoms with van der Waals surface area (Å²) in [6, 6.07) is 4.50. The molecule has 1 N–H and O–H groups in total. The lowest BCUT2D eigenvalue weighted by Crippen LogP contribution is -2.51. The van der Waals surface area contributed by atoms with Crippen molar-refractivity contribution in [3.63, 3.8) is 0 Å². The van der Waals surface area contributed by atoms with Gasteiger partial charge in [-0.05, 0) is 44.1 Å². The largest absolute Gasteiger partial charge is 0.354 e. The number of aryl methyl sites for hydroxylation is 1. The molecule has 1 aliphatic carbocycles. The van der Waals surface area contributed by atoms with Gasteiger partial charge in [-0.15, -0.1) is 5.10 Å². The Morgan fingerprint density at radius 3 is 2.94 bits per heavy atom. The van der Waals surface area contributed by atoms with E-state index < -0.39 is 0 Å². The molecule has 172 valence electrons. The SMILES string of the molecule is Cc1cc(N2CC[C@@H](C)[C@@H](N(C)c3ncnc4[nH]ccc34)C2)n2nc(SCC3CC3)nc2n1. The summed E-state index contributed by atoms with van der Waals surface area (Å²) in [5.41, 5.74) is 1.84. The average molecular weight is 464 g/mol. The number of hydrogen-bond donors (Lipinski definition) is 1. The van der Waals surface area contributed by atoms with E-state index in [2.05, 4.69) is 55.8 Å². The third-order valence-electron chi connectivity index (χ3n) is 6.95. The maximum Gasteiger partial charge on any atom is 0.255 e. The fraction of sp³-hybridized carbons (Fsp3) is 0.522. The molecule has 1 saturated carbocycles. The monoisotopic (exact) mass is 463 g/mol. The molecule has 9 nitrogen and oxygen atoms in total. The average Bonchev–Trinajstić information content (AvgIpc) is 3.35. The molecular formula is C23H29N9S. The highest BCUT2D eigenvalue weighted by atomic mass is 32.2. The summed E-state index contributed by atoms with van der Waals surface area (Å²) in [4.78, 5) is 26.3. The minimum Gasteiger partial charge on any atom is -0.354 e. The van der Waals surface area contributed by atoms with E-state index in [1.165, 1.54) is 12.8 Å². The minimum absolute atomic E-state index is 0.308. The topological polar surface area (TPSA) is 91.1 Å². The van der Waals surface area contributed by atoms with Crippen LogP contribution in [0.15, 0.2) is 29.8 Å². The number of aromatic nitrogens is 7. The van der Waals surface area contributed by atoms with E-state index in [1.54, 1.807) is 18.1 Å². The van der Waals surface area contributed by atoms with Crippen LogP contribution in [0.3, 0.4) is 0 Å². The van der Waals surface area contributed by atoms with Gasteiger partial charge in [0, 0.05) is 43.8 Å². The van der Waals surface area contributed by atoms with Gasteiger partial charge < -0.3 is 14.8 Å².